The van der Waals surface area contributed by atoms with Gasteiger partial charge in [0, 0.05) is 3.92 Å². The first-order valence-corrected chi connectivity index (χ1v) is 7.08. The molecule has 0 saturated carbocycles. The molecule has 1 atom stereocenters. The minimum absolute atomic E-state index is 0.730. The van der Waals surface area contributed by atoms with Crippen molar-refractivity contribution in [3.8, 4) is 0 Å². The number of allylic oxidation sites excluding steroid dienone is 3. The van der Waals surface area contributed by atoms with E-state index in [1.165, 1.54) is 24.0 Å². The lowest BCUT2D eigenvalue weighted by Crippen LogP contribution is -1.98. The van der Waals surface area contributed by atoms with Crippen LogP contribution in [0.2, 0.25) is 0 Å². The van der Waals surface area contributed by atoms with Crippen molar-refractivity contribution in [1.82, 2.24) is 0 Å². The predicted molar refractivity (Wildman–Crippen MR) is 80.0 cm³/mol. The molecule has 1 aliphatic carbocycles. The zero-order valence-corrected chi connectivity index (χ0v) is 11.6. The van der Waals surface area contributed by atoms with Gasteiger partial charge in [0.1, 0.15) is 0 Å². The maximum absolute atomic E-state index is 3.78. The Bertz CT molecular complexity index is 404. The van der Waals surface area contributed by atoms with E-state index >= 15 is 0 Å². The highest BCUT2D eigenvalue weighted by Gasteiger charge is 2.15. The Kier molecular flexibility index (Phi) is 4.22. The van der Waals surface area contributed by atoms with Gasteiger partial charge in [-0.3, -0.25) is 0 Å². The van der Waals surface area contributed by atoms with Gasteiger partial charge < -0.3 is 0 Å². The molecule has 0 amide bonds. The van der Waals surface area contributed by atoms with Gasteiger partial charge in [0.2, 0.25) is 0 Å². The van der Waals surface area contributed by atoms with Crippen LogP contribution >= 0.6 is 22.6 Å². The van der Waals surface area contributed by atoms with E-state index in [9.17, 15) is 0 Å². The van der Waals surface area contributed by atoms with E-state index in [2.05, 4.69) is 59.5 Å². The zero-order chi connectivity index (χ0) is 11.4. The lowest BCUT2D eigenvalue weighted by Gasteiger charge is -2.10. The van der Waals surface area contributed by atoms with Gasteiger partial charge in [0.15, 0.2) is 0 Å². The molecule has 1 unspecified atom stereocenters. The quantitative estimate of drug-likeness (QED) is 0.415. The lowest BCUT2D eigenvalue weighted by molar-refractivity contribution is 0.814. The summed E-state index contributed by atoms with van der Waals surface area (Å²) in [5.74, 6) is 0. The molecule has 84 valence electrons. The van der Waals surface area contributed by atoms with Crippen LogP contribution < -0.4 is 0 Å². The molecule has 0 aliphatic heterocycles. The monoisotopic (exact) mass is 324 g/mol. The third-order valence-corrected chi connectivity index (χ3v) is 4.12. The van der Waals surface area contributed by atoms with Crippen molar-refractivity contribution >= 4 is 28.2 Å². The second kappa shape index (κ2) is 5.67. The van der Waals surface area contributed by atoms with E-state index in [0.717, 1.165) is 16.8 Å². The third kappa shape index (κ3) is 2.76. The first-order chi connectivity index (χ1) is 7.81. The molecule has 16 heavy (non-hydrogen) atoms. The number of halogens is 1. The van der Waals surface area contributed by atoms with Gasteiger partial charge in [-0.25, -0.2) is 0 Å². The minimum Gasteiger partial charge on any atom is -0.103 e. The fourth-order valence-corrected chi connectivity index (χ4v) is 3.02. The zero-order valence-electron chi connectivity index (χ0n) is 9.45. The summed E-state index contributed by atoms with van der Waals surface area (Å²) in [5.41, 5.74) is 4.51. The highest BCUT2D eigenvalue weighted by atomic mass is 127. The molecule has 0 nitrogen and oxygen atoms in total. The maximum Gasteiger partial charge on any atom is 0.0153 e. The van der Waals surface area contributed by atoms with E-state index in [1.807, 2.05) is 6.08 Å². The topological polar surface area (TPSA) is 0 Å². The molecule has 1 heteroatoms. The highest BCUT2D eigenvalue weighted by molar-refractivity contribution is 14.1. The van der Waals surface area contributed by atoms with Gasteiger partial charge >= 0.3 is 0 Å². The second-order valence-electron chi connectivity index (χ2n) is 4.26. The van der Waals surface area contributed by atoms with E-state index in [4.69, 9.17) is 0 Å². The molecule has 0 radical (unpaired) electrons. The molecule has 0 aromatic heterocycles. The summed E-state index contributed by atoms with van der Waals surface area (Å²) in [6.45, 7) is 3.78. The maximum atomic E-state index is 3.78. The van der Waals surface area contributed by atoms with Crippen LogP contribution in [-0.2, 0) is 6.42 Å². The van der Waals surface area contributed by atoms with E-state index in [-0.39, 0.29) is 0 Å². The third-order valence-electron chi connectivity index (χ3n) is 3.06. The summed E-state index contributed by atoms with van der Waals surface area (Å²) >= 11 is 2.56. The molecule has 2 rings (SSSR count). The summed E-state index contributed by atoms with van der Waals surface area (Å²) in [6.07, 6.45) is 9.10. The van der Waals surface area contributed by atoms with Crippen molar-refractivity contribution in [3.63, 3.8) is 0 Å². The van der Waals surface area contributed by atoms with Crippen molar-refractivity contribution in [1.29, 1.82) is 0 Å². The minimum atomic E-state index is 0.730. The van der Waals surface area contributed by atoms with Gasteiger partial charge in [-0.1, -0.05) is 59.0 Å². The lowest BCUT2D eigenvalue weighted by atomic mass is 10.0. The van der Waals surface area contributed by atoms with Crippen LogP contribution in [0.4, 0.5) is 0 Å². The Labute approximate surface area is 112 Å². The van der Waals surface area contributed by atoms with Crippen molar-refractivity contribution in [2.24, 2.45) is 0 Å². The molecule has 1 aromatic carbocycles. The number of alkyl halides is 1. The van der Waals surface area contributed by atoms with E-state index < -0.39 is 0 Å². The van der Waals surface area contributed by atoms with Crippen molar-refractivity contribution in [2.45, 2.75) is 29.6 Å². The van der Waals surface area contributed by atoms with Crippen LogP contribution in [0.1, 0.15) is 30.4 Å². The Morgan fingerprint density at radius 1 is 1.38 bits per heavy atom. The standard InChI is InChI=1S/C15H17I/c1-2-3-7-14(16)11-13-10-9-12-6-4-5-8-15(12)13/h2,4-6,8,10,14H,1,3,7,9,11H2. The van der Waals surface area contributed by atoms with Gasteiger partial charge in [0.25, 0.3) is 0 Å². The first kappa shape index (κ1) is 11.9. The van der Waals surface area contributed by atoms with Gasteiger partial charge in [-0.05, 0) is 42.4 Å². The molecule has 0 bridgehead atoms. The van der Waals surface area contributed by atoms with Gasteiger partial charge in [-0.15, -0.1) is 6.58 Å². The van der Waals surface area contributed by atoms with Crippen molar-refractivity contribution < 1.29 is 0 Å². The first-order valence-electron chi connectivity index (χ1n) is 5.83. The fraction of sp³-hybridized carbons (Fsp3) is 0.333. The molecule has 0 fully saturated rings. The summed E-state index contributed by atoms with van der Waals surface area (Å²) in [7, 11) is 0. The molecule has 0 N–H and O–H groups in total. The van der Waals surface area contributed by atoms with Crippen molar-refractivity contribution in [3.05, 3.63) is 54.1 Å². The SMILES string of the molecule is C=CCCC(I)CC1=CCc2ccccc21. The smallest absolute Gasteiger partial charge is 0.0153 e. The number of fused-ring (bicyclic) bond motifs is 1. The number of hydrogen-bond donors (Lipinski definition) is 0. The second-order valence-corrected chi connectivity index (χ2v) is 6.02. The molecular formula is C15H17I. The highest BCUT2D eigenvalue weighted by Crippen LogP contribution is 2.33. The molecule has 1 aromatic rings. The summed E-state index contributed by atoms with van der Waals surface area (Å²) < 4.78 is 0.730. The number of benzene rings is 1. The normalized spacial score (nSPS) is 15.4. The Balaban J connectivity index is 2.00. The van der Waals surface area contributed by atoms with Gasteiger partial charge in [0.05, 0.1) is 0 Å². The van der Waals surface area contributed by atoms with Crippen LogP contribution in [0.3, 0.4) is 0 Å². The van der Waals surface area contributed by atoms with Crippen LogP contribution in [-0.4, -0.2) is 3.92 Å². The predicted octanol–water partition coefficient (Wildman–Crippen LogP) is 4.79. The van der Waals surface area contributed by atoms with Crippen molar-refractivity contribution in [2.75, 3.05) is 0 Å². The summed E-state index contributed by atoms with van der Waals surface area (Å²) in [6, 6.07) is 8.77. The van der Waals surface area contributed by atoms with Crippen LogP contribution in [0, 0.1) is 0 Å². The van der Waals surface area contributed by atoms with Crippen LogP contribution in [0.25, 0.3) is 5.57 Å². The molecule has 0 saturated heterocycles. The molecule has 0 heterocycles. The molecule has 0 spiro atoms. The summed E-state index contributed by atoms with van der Waals surface area (Å²) in [4.78, 5) is 0. The van der Waals surface area contributed by atoms with E-state index in [0.29, 0.717) is 0 Å². The fourth-order valence-electron chi connectivity index (χ4n) is 2.19. The average molecular weight is 324 g/mol. The molecule has 1 aliphatic rings. The van der Waals surface area contributed by atoms with Crippen LogP contribution in [0.5, 0.6) is 0 Å². The Morgan fingerprint density at radius 3 is 3.00 bits per heavy atom. The van der Waals surface area contributed by atoms with Gasteiger partial charge in [-0.2, -0.15) is 0 Å². The number of rotatable bonds is 5. The Morgan fingerprint density at radius 2 is 2.19 bits per heavy atom. The summed E-state index contributed by atoms with van der Waals surface area (Å²) in [5, 5.41) is 0. The molecular weight excluding hydrogens is 307 g/mol. The number of hydrogen-bond acceptors (Lipinski definition) is 0. The largest absolute Gasteiger partial charge is 0.103 e. The van der Waals surface area contributed by atoms with Crippen LogP contribution in [0.15, 0.2) is 43.0 Å². The average Bonchev–Trinajstić information content (AvgIpc) is 2.70. The Hall–Kier alpha value is -0.570. The van der Waals surface area contributed by atoms with E-state index in [1.54, 1.807) is 5.57 Å².